The fraction of sp³-hybridized carbons (Fsp3) is 0.286. The molecule has 2 aliphatic rings. The van der Waals surface area contributed by atoms with Crippen molar-refractivity contribution in [2.75, 3.05) is 30.3 Å². The third kappa shape index (κ3) is 7.33. The molecule has 0 aromatic heterocycles. The van der Waals surface area contributed by atoms with Crippen molar-refractivity contribution in [2.24, 2.45) is 4.99 Å². The molecule has 196 valence electrons. The molecule has 0 spiro atoms. The standard InChI is InChI=1S/C28H32F3N5O/c1-5-20-10-15-26(37)36(18-21(6-2)25(7-3)28(29,30)31)27(20)34-19(4)33-22-11-13-23(14-12-22)35-24-9-8-16-32-17-24/h5-7,10-15,24,32-33,35H,2-4,8-9,16-18H2,1H3/b20-5-,25-21-,34-27+. The van der Waals surface area contributed by atoms with E-state index in [4.69, 9.17) is 0 Å². The SMILES string of the molecule is C=C/C(CN1C(=O)C=CC(=C/C)/C1=N\C(=C)Nc1ccc(NC2CCCNC2)cc1)=C(\C=C)C(F)(F)F. The van der Waals surface area contributed by atoms with Gasteiger partial charge in [-0.2, -0.15) is 13.2 Å². The van der Waals surface area contributed by atoms with Crippen LogP contribution in [-0.4, -0.2) is 48.5 Å². The van der Waals surface area contributed by atoms with Crippen LogP contribution < -0.4 is 16.0 Å². The number of alkyl halides is 3. The van der Waals surface area contributed by atoms with E-state index in [-0.39, 0.29) is 23.8 Å². The Morgan fingerprint density at radius 2 is 1.89 bits per heavy atom. The van der Waals surface area contributed by atoms with Gasteiger partial charge in [-0.25, -0.2) is 4.99 Å². The van der Waals surface area contributed by atoms with Crippen molar-refractivity contribution in [2.45, 2.75) is 32.0 Å². The maximum atomic E-state index is 13.5. The molecule has 1 unspecified atom stereocenters. The average Bonchev–Trinajstić information content (AvgIpc) is 2.86. The molecule has 9 heteroatoms. The van der Waals surface area contributed by atoms with Gasteiger partial charge in [0.1, 0.15) is 11.7 Å². The van der Waals surface area contributed by atoms with E-state index in [2.05, 4.69) is 40.7 Å². The number of hydrogen-bond donors (Lipinski definition) is 3. The van der Waals surface area contributed by atoms with Crippen molar-refractivity contribution in [3.8, 4) is 0 Å². The van der Waals surface area contributed by atoms with Crippen LogP contribution in [0.15, 0.2) is 102 Å². The Bertz CT molecular complexity index is 1150. The van der Waals surface area contributed by atoms with E-state index in [0.717, 1.165) is 49.5 Å². The summed E-state index contributed by atoms with van der Waals surface area (Å²) < 4.78 is 40.5. The van der Waals surface area contributed by atoms with Crippen LogP contribution in [0.4, 0.5) is 24.5 Å². The molecule has 6 nitrogen and oxygen atoms in total. The van der Waals surface area contributed by atoms with Crippen LogP contribution in [-0.2, 0) is 4.79 Å². The first-order valence-electron chi connectivity index (χ1n) is 12.0. The van der Waals surface area contributed by atoms with E-state index in [0.29, 0.717) is 11.6 Å². The molecule has 1 atom stereocenters. The summed E-state index contributed by atoms with van der Waals surface area (Å²) >= 11 is 0. The molecule has 3 rings (SSSR count). The molecule has 1 fully saturated rings. The van der Waals surface area contributed by atoms with Gasteiger partial charge in [0.05, 0.1) is 12.1 Å². The lowest BCUT2D eigenvalue weighted by molar-refractivity contribution is -0.122. The summed E-state index contributed by atoms with van der Waals surface area (Å²) in [6, 6.07) is 8.03. The fourth-order valence-electron chi connectivity index (χ4n) is 4.13. The van der Waals surface area contributed by atoms with Gasteiger partial charge in [-0.15, -0.1) is 0 Å². The molecule has 37 heavy (non-hydrogen) atoms. The molecule has 0 saturated carbocycles. The summed E-state index contributed by atoms with van der Waals surface area (Å²) in [6.07, 6.45) is 3.99. The number of nitrogens with zero attached hydrogens (tertiary/aromatic N) is 2. The normalized spacial score (nSPS) is 21.0. The van der Waals surface area contributed by atoms with Crippen LogP contribution >= 0.6 is 0 Å². The average molecular weight is 512 g/mol. The highest BCUT2D eigenvalue weighted by molar-refractivity contribution is 6.15. The first-order valence-corrected chi connectivity index (χ1v) is 12.0. The van der Waals surface area contributed by atoms with Crippen molar-refractivity contribution in [3.05, 3.63) is 96.9 Å². The van der Waals surface area contributed by atoms with Gasteiger partial charge in [0.15, 0.2) is 0 Å². The minimum absolute atomic E-state index is 0.181. The van der Waals surface area contributed by atoms with E-state index in [1.165, 1.54) is 11.0 Å². The Labute approximate surface area is 215 Å². The molecule has 1 aromatic carbocycles. The quantitative estimate of drug-likeness (QED) is 0.372. The molecule has 2 aliphatic heterocycles. The van der Waals surface area contributed by atoms with Gasteiger partial charge in [0.25, 0.3) is 5.91 Å². The van der Waals surface area contributed by atoms with Crippen LogP contribution in [0.25, 0.3) is 0 Å². The molecular formula is C28H32F3N5O. The van der Waals surface area contributed by atoms with Gasteiger partial charge < -0.3 is 16.0 Å². The van der Waals surface area contributed by atoms with Gasteiger partial charge in [-0.05, 0) is 62.2 Å². The molecule has 0 bridgehead atoms. The molecule has 3 N–H and O–H groups in total. The molecule has 1 saturated heterocycles. The minimum Gasteiger partial charge on any atom is -0.381 e. The summed E-state index contributed by atoms with van der Waals surface area (Å²) in [4.78, 5) is 18.4. The Morgan fingerprint density at radius 3 is 2.46 bits per heavy atom. The Hall–Kier alpha value is -3.85. The van der Waals surface area contributed by atoms with Gasteiger partial charge in [0.2, 0.25) is 0 Å². The number of allylic oxidation sites excluding steroid dienone is 3. The second kappa shape index (κ2) is 12.4. The molecule has 2 heterocycles. The van der Waals surface area contributed by atoms with Gasteiger partial charge in [-0.1, -0.05) is 38.0 Å². The third-order valence-corrected chi connectivity index (χ3v) is 6.01. The summed E-state index contributed by atoms with van der Waals surface area (Å²) in [6.45, 7) is 14.1. The zero-order valence-electron chi connectivity index (χ0n) is 20.9. The Balaban J connectivity index is 1.81. The van der Waals surface area contributed by atoms with Crippen molar-refractivity contribution in [1.82, 2.24) is 10.2 Å². The second-order valence-electron chi connectivity index (χ2n) is 8.62. The number of anilines is 2. The summed E-state index contributed by atoms with van der Waals surface area (Å²) in [5, 5.41) is 9.96. The van der Waals surface area contributed by atoms with Gasteiger partial charge in [0, 0.05) is 35.6 Å². The lowest BCUT2D eigenvalue weighted by atomic mass is 10.0. The monoisotopic (exact) mass is 511 g/mol. The highest BCUT2D eigenvalue weighted by atomic mass is 19.4. The van der Waals surface area contributed by atoms with Crippen molar-refractivity contribution in [3.63, 3.8) is 0 Å². The zero-order chi connectivity index (χ0) is 27.0. The van der Waals surface area contributed by atoms with Crippen LogP contribution in [0.2, 0.25) is 0 Å². The molecule has 1 amide bonds. The molecular weight excluding hydrogens is 479 g/mol. The highest BCUT2D eigenvalue weighted by Crippen LogP contribution is 2.30. The lowest BCUT2D eigenvalue weighted by Crippen LogP contribution is -2.41. The number of carbonyl (C=O) groups excluding carboxylic acids is 1. The predicted molar refractivity (Wildman–Crippen MR) is 144 cm³/mol. The molecule has 0 aliphatic carbocycles. The number of benzene rings is 1. The van der Waals surface area contributed by atoms with Gasteiger partial charge in [-0.3, -0.25) is 9.69 Å². The Morgan fingerprint density at radius 1 is 1.19 bits per heavy atom. The summed E-state index contributed by atoms with van der Waals surface area (Å²) in [5.41, 5.74) is 1.14. The largest absolute Gasteiger partial charge is 0.416 e. The Kier molecular flexibility index (Phi) is 9.30. The highest BCUT2D eigenvalue weighted by Gasteiger charge is 2.35. The number of rotatable bonds is 9. The summed E-state index contributed by atoms with van der Waals surface area (Å²) in [5.74, 6) is -0.0984. The number of hydrogen-bond acceptors (Lipinski definition) is 5. The minimum atomic E-state index is -4.64. The first kappa shape index (κ1) is 27.7. The van der Waals surface area contributed by atoms with E-state index in [9.17, 15) is 18.0 Å². The van der Waals surface area contributed by atoms with E-state index in [1.54, 1.807) is 19.1 Å². The van der Waals surface area contributed by atoms with Crippen LogP contribution in [0.3, 0.4) is 0 Å². The van der Waals surface area contributed by atoms with Crippen LogP contribution in [0, 0.1) is 0 Å². The number of piperidine rings is 1. The second-order valence-corrected chi connectivity index (χ2v) is 8.62. The third-order valence-electron chi connectivity index (χ3n) is 6.01. The van der Waals surface area contributed by atoms with Crippen molar-refractivity contribution >= 4 is 23.1 Å². The van der Waals surface area contributed by atoms with Crippen LogP contribution in [0.5, 0.6) is 0 Å². The van der Waals surface area contributed by atoms with Crippen LogP contribution in [0.1, 0.15) is 19.8 Å². The van der Waals surface area contributed by atoms with E-state index in [1.807, 2.05) is 24.3 Å². The van der Waals surface area contributed by atoms with Gasteiger partial charge >= 0.3 is 6.18 Å². The number of amidine groups is 1. The van der Waals surface area contributed by atoms with E-state index < -0.39 is 17.7 Å². The number of amides is 1. The lowest BCUT2D eigenvalue weighted by Gasteiger charge is -2.28. The maximum Gasteiger partial charge on any atom is 0.416 e. The van der Waals surface area contributed by atoms with Crippen molar-refractivity contribution < 1.29 is 18.0 Å². The number of halogens is 3. The molecule has 1 aromatic rings. The first-order chi connectivity index (χ1) is 17.7. The summed E-state index contributed by atoms with van der Waals surface area (Å²) in [7, 11) is 0. The number of aliphatic imine (C=N–C) groups is 1. The zero-order valence-corrected chi connectivity index (χ0v) is 20.9. The predicted octanol–water partition coefficient (Wildman–Crippen LogP) is 5.71. The number of nitrogens with one attached hydrogen (secondary N) is 3. The van der Waals surface area contributed by atoms with E-state index >= 15 is 0 Å². The maximum absolute atomic E-state index is 13.5. The topological polar surface area (TPSA) is 68.8 Å². The molecule has 0 radical (unpaired) electrons. The van der Waals surface area contributed by atoms with Crippen molar-refractivity contribution in [1.29, 1.82) is 0 Å². The smallest absolute Gasteiger partial charge is 0.381 e. The number of carbonyl (C=O) groups is 1. The fourth-order valence-corrected chi connectivity index (χ4v) is 4.13.